The number of fused-ring (bicyclic) bond motifs is 1. The predicted molar refractivity (Wildman–Crippen MR) is 140 cm³/mol. The van der Waals surface area contributed by atoms with Crippen molar-refractivity contribution in [3.63, 3.8) is 0 Å². The first-order valence-electron chi connectivity index (χ1n) is 12.5. The van der Waals surface area contributed by atoms with Crippen LogP contribution in [-0.2, 0) is 6.18 Å². The molecule has 0 amide bonds. The van der Waals surface area contributed by atoms with Crippen molar-refractivity contribution < 1.29 is 27.0 Å². The van der Waals surface area contributed by atoms with Crippen LogP contribution >= 0.6 is 0 Å². The van der Waals surface area contributed by atoms with E-state index in [0.29, 0.717) is 34.7 Å². The molecule has 4 N–H and O–H groups in total. The number of halogens is 4. The summed E-state index contributed by atoms with van der Waals surface area (Å²) in [6.45, 7) is 6.34. The predicted octanol–water partition coefficient (Wildman–Crippen LogP) is 5.41. The Balaban J connectivity index is 1.66. The Kier molecular flexibility index (Phi) is 7.44. The van der Waals surface area contributed by atoms with Gasteiger partial charge in [-0.25, -0.2) is 9.38 Å². The number of methoxy groups -OCH3 is 1. The summed E-state index contributed by atoms with van der Waals surface area (Å²) in [6, 6.07) is 4.55. The molecule has 2 aliphatic rings. The van der Waals surface area contributed by atoms with Gasteiger partial charge in [0.15, 0.2) is 11.5 Å². The highest BCUT2D eigenvalue weighted by Gasteiger charge is 2.49. The molecule has 1 aliphatic carbocycles. The van der Waals surface area contributed by atoms with E-state index >= 15 is 0 Å². The molecular weight excluding hydrogens is 502 g/mol. The van der Waals surface area contributed by atoms with E-state index in [2.05, 4.69) is 20.5 Å². The topological polar surface area (TPSA) is 84.1 Å². The number of nitrogen functional groups attached to an aromatic ring is 1. The monoisotopic (exact) mass is 537 g/mol. The van der Waals surface area contributed by atoms with Gasteiger partial charge in [-0.3, -0.25) is 0 Å². The molecule has 0 saturated heterocycles. The number of nitrogens with zero attached hydrogens (tertiary/aromatic N) is 2. The lowest BCUT2D eigenvalue weighted by Crippen LogP contribution is -2.36. The quantitative estimate of drug-likeness (QED) is 0.308. The van der Waals surface area contributed by atoms with Gasteiger partial charge in [-0.2, -0.15) is 13.2 Å². The van der Waals surface area contributed by atoms with Gasteiger partial charge in [-0.1, -0.05) is 0 Å². The number of hydrogen-bond acceptors (Lipinski definition) is 7. The van der Waals surface area contributed by atoms with Crippen molar-refractivity contribution >= 4 is 17.2 Å². The molecule has 208 valence electrons. The minimum atomic E-state index is -4.87. The van der Waals surface area contributed by atoms with Gasteiger partial charge in [-0.15, -0.1) is 0 Å². The fourth-order valence-electron chi connectivity index (χ4n) is 5.04. The molecule has 2 aromatic carbocycles. The van der Waals surface area contributed by atoms with Crippen molar-refractivity contribution in [1.29, 1.82) is 0 Å². The molecule has 0 bridgehead atoms. The standard InChI is InChI=1S/C27H35F4N5O2/c1-14(18-9-17(32)10-20(24(18)28)27(29,30)31)33-25-19-11-23(22(37-6)12-21(19)34-16(3)35-25)38-15(2)26(7-8-26)13-36(4)5/h9-12,14-16,34H,7-8,13,32H2,1-6H3,(H,33,35)/t14-,15-,16?/m1/s1. The largest absolute Gasteiger partial charge is 0.493 e. The van der Waals surface area contributed by atoms with Crippen molar-refractivity contribution in [3.8, 4) is 11.5 Å². The van der Waals surface area contributed by atoms with E-state index in [-0.39, 0.29) is 28.9 Å². The zero-order valence-electron chi connectivity index (χ0n) is 22.5. The van der Waals surface area contributed by atoms with Gasteiger partial charge < -0.3 is 30.7 Å². The molecule has 38 heavy (non-hydrogen) atoms. The van der Waals surface area contributed by atoms with Gasteiger partial charge in [0.2, 0.25) is 0 Å². The van der Waals surface area contributed by atoms with Crippen LogP contribution in [0.25, 0.3) is 0 Å². The van der Waals surface area contributed by atoms with Gasteiger partial charge in [0, 0.05) is 34.8 Å². The number of amidine groups is 1. The maximum atomic E-state index is 14.9. The van der Waals surface area contributed by atoms with Crippen LogP contribution in [0.1, 0.15) is 56.3 Å². The van der Waals surface area contributed by atoms with E-state index in [1.807, 2.05) is 34.0 Å². The smallest absolute Gasteiger partial charge is 0.419 e. The van der Waals surface area contributed by atoms with E-state index in [0.717, 1.165) is 19.4 Å². The normalized spacial score (nSPS) is 19.7. The Morgan fingerprint density at radius 3 is 2.45 bits per heavy atom. The lowest BCUT2D eigenvalue weighted by atomic mass is 9.99. The molecule has 2 aromatic rings. The van der Waals surface area contributed by atoms with Crippen molar-refractivity contribution in [1.82, 2.24) is 10.2 Å². The third kappa shape index (κ3) is 5.62. The van der Waals surface area contributed by atoms with Crippen LogP contribution in [-0.4, -0.2) is 50.8 Å². The minimum Gasteiger partial charge on any atom is -0.493 e. The van der Waals surface area contributed by atoms with Gasteiger partial charge >= 0.3 is 6.18 Å². The average Bonchev–Trinajstić information content (AvgIpc) is 3.59. The molecule has 4 rings (SSSR count). The molecule has 0 radical (unpaired) electrons. The number of benzene rings is 2. The van der Waals surface area contributed by atoms with Gasteiger partial charge in [0.25, 0.3) is 0 Å². The van der Waals surface area contributed by atoms with Gasteiger partial charge in [0.1, 0.15) is 23.9 Å². The maximum Gasteiger partial charge on any atom is 0.419 e. The van der Waals surface area contributed by atoms with Crippen LogP contribution in [0.3, 0.4) is 0 Å². The second-order valence-electron chi connectivity index (χ2n) is 10.5. The van der Waals surface area contributed by atoms with E-state index in [4.69, 9.17) is 15.2 Å². The Morgan fingerprint density at radius 1 is 1.18 bits per heavy atom. The summed E-state index contributed by atoms with van der Waals surface area (Å²) in [5.74, 6) is 0.0974. The zero-order valence-corrected chi connectivity index (χ0v) is 22.5. The van der Waals surface area contributed by atoms with Crippen LogP contribution in [0.5, 0.6) is 11.5 Å². The van der Waals surface area contributed by atoms with E-state index in [1.54, 1.807) is 20.1 Å². The summed E-state index contributed by atoms with van der Waals surface area (Å²) < 4.78 is 67.1. The Labute approximate surface area is 220 Å². The lowest BCUT2D eigenvalue weighted by molar-refractivity contribution is -0.140. The van der Waals surface area contributed by atoms with Crippen LogP contribution in [0.4, 0.5) is 28.9 Å². The number of alkyl halides is 3. The summed E-state index contributed by atoms with van der Waals surface area (Å²) in [6.07, 6.45) is -3.17. The molecule has 7 nitrogen and oxygen atoms in total. The fourth-order valence-corrected chi connectivity index (χ4v) is 5.04. The SMILES string of the molecule is COc1cc2c(cc1O[C@H](C)C1(CN(C)C)CC1)C(N[C@H](C)c1cc(N)cc(C(F)(F)F)c1F)=NC(C)N2. The molecule has 11 heteroatoms. The molecular formula is C27H35F4N5O2. The highest BCUT2D eigenvalue weighted by molar-refractivity contribution is 6.06. The fraction of sp³-hybridized carbons (Fsp3) is 0.519. The first-order valence-corrected chi connectivity index (χ1v) is 12.5. The molecule has 1 fully saturated rings. The number of aliphatic imine (C=N–C) groups is 1. The van der Waals surface area contributed by atoms with E-state index < -0.39 is 23.6 Å². The summed E-state index contributed by atoms with van der Waals surface area (Å²) >= 11 is 0. The van der Waals surface area contributed by atoms with Crippen molar-refractivity contribution in [3.05, 3.63) is 46.8 Å². The summed E-state index contributed by atoms with van der Waals surface area (Å²) in [5, 5.41) is 6.36. The van der Waals surface area contributed by atoms with Crippen LogP contribution < -0.4 is 25.8 Å². The lowest BCUT2D eigenvalue weighted by Gasteiger charge is -2.30. The molecule has 0 spiro atoms. The first kappa shape index (κ1) is 27.8. The molecule has 1 heterocycles. The zero-order chi connectivity index (χ0) is 28.0. The average molecular weight is 538 g/mol. The third-order valence-corrected chi connectivity index (χ3v) is 7.18. The third-order valence-electron chi connectivity index (χ3n) is 7.18. The Morgan fingerprint density at radius 2 is 1.87 bits per heavy atom. The molecule has 1 unspecified atom stereocenters. The molecule has 1 saturated carbocycles. The number of ether oxygens (including phenoxy) is 2. The highest BCUT2D eigenvalue weighted by atomic mass is 19.4. The number of nitrogens with two attached hydrogens (primary N) is 1. The summed E-state index contributed by atoms with van der Waals surface area (Å²) in [5.41, 5.74) is 5.31. The van der Waals surface area contributed by atoms with Gasteiger partial charge in [0.05, 0.1) is 24.4 Å². The molecule has 3 atom stereocenters. The van der Waals surface area contributed by atoms with Gasteiger partial charge in [-0.05, 0) is 65.9 Å². The van der Waals surface area contributed by atoms with Crippen LogP contribution in [0, 0.1) is 11.2 Å². The van der Waals surface area contributed by atoms with E-state index in [1.165, 1.54) is 6.07 Å². The Hall–Kier alpha value is -3.21. The number of hydrogen-bond donors (Lipinski definition) is 3. The molecule has 0 aromatic heterocycles. The van der Waals surface area contributed by atoms with Crippen molar-refractivity contribution in [2.24, 2.45) is 10.4 Å². The number of anilines is 2. The van der Waals surface area contributed by atoms with Crippen LogP contribution in [0.15, 0.2) is 29.3 Å². The summed E-state index contributed by atoms with van der Waals surface area (Å²) in [4.78, 5) is 6.75. The molecule has 1 aliphatic heterocycles. The van der Waals surface area contributed by atoms with Crippen molar-refractivity contribution in [2.45, 2.75) is 58.1 Å². The minimum absolute atomic E-state index is 0.0574. The summed E-state index contributed by atoms with van der Waals surface area (Å²) in [7, 11) is 5.64. The van der Waals surface area contributed by atoms with E-state index in [9.17, 15) is 17.6 Å². The Bertz CT molecular complexity index is 1230. The number of nitrogens with one attached hydrogen (secondary N) is 2. The maximum absolute atomic E-state index is 14.9. The highest BCUT2D eigenvalue weighted by Crippen LogP contribution is 2.51. The number of rotatable bonds is 8. The first-order chi connectivity index (χ1) is 17.7. The van der Waals surface area contributed by atoms with Crippen LogP contribution in [0.2, 0.25) is 0 Å². The second-order valence-corrected chi connectivity index (χ2v) is 10.5. The second kappa shape index (κ2) is 10.2. The van der Waals surface area contributed by atoms with Crippen molar-refractivity contribution in [2.75, 3.05) is 38.8 Å².